The van der Waals surface area contributed by atoms with Gasteiger partial charge in [-0.2, -0.15) is 5.26 Å². The van der Waals surface area contributed by atoms with Gasteiger partial charge in [-0.1, -0.05) is 29.8 Å². The van der Waals surface area contributed by atoms with Crippen LogP contribution < -0.4 is 9.47 Å². The molecule has 2 aromatic rings. The van der Waals surface area contributed by atoms with Gasteiger partial charge in [-0.25, -0.2) is 4.79 Å². The van der Waals surface area contributed by atoms with Crippen LogP contribution in [0.15, 0.2) is 42.0 Å². The van der Waals surface area contributed by atoms with Crippen LogP contribution in [-0.2, 0) is 4.79 Å². The lowest BCUT2D eigenvalue weighted by Crippen LogP contribution is -2.11. The Kier molecular flexibility index (Phi) is 6.65. The Morgan fingerprint density at radius 1 is 1.19 bits per heavy atom. The largest absolute Gasteiger partial charge is 0.489 e. The SMILES string of the molecule is Cc1cccc(C)c1OCCOc1ccc(Cl)cc1C=C(C#N)C(=O)O. The second-order valence-corrected chi connectivity index (χ2v) is 6.01. The van der Waals surface area contributed by atoms with Crippen LogP contribution in [0.3, 0.4) is 0 Å². The molecule has 0 spiro atoms. The molecule has 0 saturated carbocycles. The van der Waals surface area contributed by atoms with Crippen molar-refractivity contribution in [3.8, 4) is 17.6 Å². The summed E-state index contributed by atoms with van der Waals surface area (Å²) in [6.45, 7) is 4.52. The Balaban J connectivity index is 2.08. The van der Waals surface area contributed by atoms with Gasteiger partial charge in [0.1, 0.15) is 36.4 Å². The van der Waals surface area contributed by atoms with Gasteiger partial charge in [0.2, 0.25) is 0 Å². The summed E-state index contributed by atoms with van der Waals surface area (Å²) in [4.78, 5) is 11.0. The number of nitrogens with zero attached hydrogens (tertiary/aromatic N) is 1. The maximum Gasteiger partial charge on any atom is 0.346 e. The van der Waals surface area contributed by atoms with Crippen molar-refractivity contribution >= 4 is 23.6 Å². The Morgan fingerprint density at radius 3 is 2.46 bits per heavy atom. The fourth-order valence-electron chi connectivity index (χ4n) is 2.38. The van der Waals surface area contributed by atoms with Gasteiger partial charge in [-0.3, -0.25) is 0 Å². The predicted molar refractivity (Wildman–Crippen MR) is 99.6 cm³/mol. The third-order valence-corrected chi connectivity index (χ3v) is 3.85. The number of benzene rings is 2. The van der Waals surface area contributed by atoms with E-state index in [9.17, 15) is 4.79 Å². The number of hydrogen-bond acceptors (Lipinski definition) is 4. The fourth-order valence-corrected chi connectivity index (χ4v) is 2.56. The molecule has 0 saturated heterocycles. The predicted octanol–water partition coefficient (Wildman–Crippen LogP) is 4.41. The number of carboxylic acids is 1. The fraction of sp³-hybridized carbons (Fsp3) is 0.200. The van der Waals surface area contributed by atoms with E-state index in [0.717, 1.165) is 16.9 Å². The molecule has 134 valence electrons. The van der Waals surface area contributed by atoms with Gasteiger partial charge in [0.25, 0.3) is 0 Å². The minimum atomic E-state index is -1.31. The summed E-state index contributed by atoms with van der Waals surface area (Å²) in [5.74, 6) is -0.0599. The number of aryl methyl sites for hydroxylation is 2. The van der Waals surface area contributed by atoms with Gasteiger partial charge in [0.15, 0.2) is 0 Å². The molecule has 0 bridgehead atoms. The van der Waals surface area contributed by atoms with Gasteiger partial charge in [0, 0.05) is 10.6 Å². The number of hydrogen-bond donors (Lipinski definition) is 1. The Labute approximate surface area is 157 Å². The van der Waals surface area contributed by atoms with Crippen molar-refractivity contribution in [1.82, 2.24) is 0 Å². The van der Waals surface area contributed by atoms with Crippen LogP contribution in [-0.4, -0.2) is 24.3 Å². The molecule has 1 N–H and O–H groups in total. The number of aliphatic carboxylic acids is 1. The Morgan fingerprint density at radius 2 is 1.85 bits per heavy atom. The summed E-state index contributed by atoms with van der Waals surface area (Å²) in [7, 11) is 0. The van der Waals surface area contributed by atoms with E-state index in [-0.39, 0.29) is 6.61 Å². The molecule has 0 heterocycles. The summed E-state index contributed by atoms with van der Waals surface area (Å²) in [6, 6.07) is 12.4. The first kappa shape index (κ1) is 19.4. The topological polar surface area (TPSA) is 79.5 Å². The van der Waals surface area contributed by atoms with Crippen LogP contribution in [0, 0.1) is 25.2 Å². The maximum atomic E-state index is 11.0. The minimum Gasteiger partial charge on any atom is -0.489 e. The maximum absolute atomic E-state index is 11.0. The molecule has 2 rings (SSSR count). The summed E-state index contributed by atoms with van der Waals surface area (Å²) in [5.41, 5.74) is 2.10. The smallest absolute Gasteiger partial charge is 0.346 e. The van der Waals surface area contributed by atoms with E-state index < -0.39 is 11.5 Å². The number of nitriles is 1. The van der Waals surface area contributed by atoms with Crippen LogP contribution in [0.5, 0.6) is 11.5 Å². The molecule has 0 aliphatic heterocycles. The summed E-state index contributed by atoms with van der Waals surface area (Å²) in [6.07, 6.45) is 1.23. The van der Waals surface area contributed by atoms with Crippen LogP contribution in [0.1, 0.15) is 16.7 Å². The van der Waals surface area contributed by atoms with Gasteiger partial charge >= 0.3 is 5.97 Å². The van der Waals surface area contributed by atoms with E-state index in [4.69, 9.17) is 31.4 Å². The standard InChI is InChI=1S/C20H18ClNO4/c1-13-4-3-5-14(2)19(13)26-9-8-25-18-7-6-17(21)11-15(18)10-16(12-22)20(23)24/h3-7,10-11H,8-9H2,1-2H3,(H,23,24). The van der Waals surface area contributed by atoms with E-state index in [0.29, 0.717) is 22.9 Å². The van der Waals surface area contributed by atoms with Crippen LogP contribution in [0.4, 0.5) is 0 Å². The lowest BCUT2D eigenvalue weighted by Gasteiger charge is -2.13. The second kappa shape index (κ2) is 8.93. The average molecular weight is 372 g/mol. The highest BCUT2D eigenvalue weighted by Crippen LogP contribution is 2.26. The Bertz CT molecular complexity index is 864. The van der Waals surface area contributed by atoms with Crippen molar-refractivity contribution in [2.75, 3.05) is 13.2 Å². The number of carboxylic acid groups (broad SMARTS) is 1. The molecule has 26 heavy (non-hydrogen) atoms. The summed E-state index contributed by atoms with van der Waals surface area (Å²) in [5, 5.41) is 18.3. The van der Waals surface area contributed by atoms with Crippen LogP contribution in [0.2, 0.25) is 5.02 Å². The molecule has 0 aliphatic carbocycles. The quantitative estimate of drug-likeness (QED) is 0.443. The Hall–Kier alpha value is -2.97. The molecule has 0 amide bonds. The monoisotopic (exact) mass is 371 g/mol. The normalized spacial score (nSPS) is 10.9. The highest BCUT2D eigenvalue weighted by atomic mass is 35.5. The highest BCUT2D eigenvalue weighted by molar-refractivity contribution is 6.30. The van der Waals surface area contributed by atoms with Gasteiger partial charge in [-0.15, -0.1) is 0 Å². The lowest BCUT2D eigenvalue weighted by atomic mass is 10.1. The first-order chi connectivity index (χ1) is 12.4. The zero-order valence-corrected chi connectivity index (χ0v) is 15.2. The highest BCUT2D eigenvalue weighted by Gasteiger charge is 2.10. The van der Waals surface area contributed by atoms with E-state index in [1.807, 2.05) is 32.0 Å². The summed E-state index contributed by atoms with van der Waals surface area (Å²) >= 11 is 5.96. The third kappa shape index (κ3) is 5.01. The van der Waals surface area contributed by atoms with Gasteiger partial charge in [-0.05, 0) is 49.2 Å². The molecule has 5 nitrogen and oxygen atoms in total. The van der Waals surface area contributed by atoms with Crippen LogP contribution in [0.25, 0.3) is 6.08 Å². The summed E-state index contributed by atoms with van der Waals surface area (Å²) < 4.78 is 11.5. The molecule has 0 aliphatic rings. The molecule has 2 aromatic carbocycles. The average Bonchev–Trinajstić information content (AvgIpc) is 2.59. The third-order valence-electron chi connectivity index (χ3n) is 3.62. The van der Waals surface area contributed by atoms with E-state index in [1.54, 1.807) is 24.3 Å². The molecular weight excluding hydrogens is 354 g/mol. The minimum absolute atomic E-state index is 0.255. The first-order valence-corrected chi connectivity index (χ1v) is 8.26. The number of halogens is 1. The van der Waals surface area contributed by atoms with Crippen molar-refractivity contribution in [2.24, 2.45) is 0 Å². The van der Waals surface area contributed by atoms with Crippen LogP contribution >= 0.6 is 11.6 Å². The van der Waals surface area contributed by atoms with E-state index in [1.165, 1.54) is 6.08 Å². The zero-order valence-electron chi connectivity index (χ0n) is 14.5. The van der Waals surface area contributed by atoms with E-state index in [2.05, 4.69) is 0 Å². The van der Waals surface area contributed by atoms with Crippen molar-refractivity contribution in [3.05, 3.63) is 63.7 Å². The van der Waals surface area contributed by atoms with Gasteiger partial charge in [0.05, 0.1) is 0 Å². The molecule has 0 fully saturated rings. The number of rotatable bonds is 7. The van der Waals surface area contributed by atoms with Crippen molar-refractivity contribution in [3.63, 3.8) is 0 Å². The molecule has 0 unspecified atom stereocenters. The molecule has 0 aromatic heterocycles. The second-order valence-electron chi connectivity index (χ2n) is 5.57. The van der Waals surface area contributed by atoms with Crippen molar-refractivity contribution < 1.29 is 19.4 Å². The molecule has 6 heteroatoms. The van der Waals surface area contributed by atoms with Crippen molar-refractivity contribution in [2.45, 2.75) is 13.8 Å². The molecule has 0 atom stereocenters. The lowest BCUT2D eigenvalue weighted by molar-refractivity contribution is -0.132. The molecular formula is C20H18ClNO4. The number of ether oxygens (including phenoxy) is 2. The number of para-hydroxylation sites is 1. The van der Waals surface area contributed by atoms with E-state index >= 15 is 0 Å². The van der Waals surface area contributed by atoms with Gasteiger partial charge < -0.3 is 14.6 Å². The number of carbonyl (C=O) groups is 1. The molecule has 0 radical (unpaired) electrons. The zero-order chi connectivity index (χ0) is 19.1. The first-order valence-electron chi connectivity index (χ1n) is 7.89. The van der Waals surface area contributed by atoms with Crippen molar-refractivity contribution in [1.29, 1.82) is 5.26 Å².